The van der Waals surface area contributed by atoms with Crippen molar-refractivity contribution in [2.75, 3.05) is 14.2 Å². The van der Waals surface area contributed by atoms with Gasteiger partial charge in [-0.15, -0.1) is 0 Å². The number of carbonyl (C=O) groups is 4. The minimum Gasteiger partial charge on any atom is -0.481 e. The van der Waals surface area contributed by atoms with E-state index in [1.165, 1.54) is 14.2 Å². The van der Waals surface area contributed by atoms with Crippen LogP contribution in [-0.2, 0) is 28.7 Å². The summed E-state index contributed by atoms with van der Waals surface area (Å²) in [4.78, 5) is 50.0. The van der Waals surface area contributed by atoms with Gasteiger partial charge in [0, 0.05) is 10.0 Å². The lowest BCUT2D eigenvalue weighted by Gasteiger charge is -2.08. The predicted octanol–water partition coefficient (Wildman–Crippen LogP) is 10.1. The van der Waals surface area contributed by atoms with Gasteiger partial charge < -0.3 is 19.7 Å². The molecule has 0 heterocycles. The smallest absolute Gasteiger partial charge is 0.312 e. The number of hydrogen-bond acceptors (Lipinski definition) is 6. The Balaban J connectivity index is 0.000000347. The summed E-state index contributed by atoms with van der Waals surface area (Å²) < 4.78 is 9.25. The molecule has 10 nitrogen and oxygen atoms in total. The Bertz CT molecular complexity index is 1830. The molecule has 4 unspecified atom stereocenters. The zero-order chi connectivity index (χ0) is 39.4. The van der Waals surface area contributed by atoms with E-state index < -0.39 is 23.8 Å². The van der Waals surface area contributed by atoms with E-state index in [4.69, 9.17) is 46.6 Å². The van der Waals surface area contributed by atoms with Crippen molar-refractivity contribution in [2.24, 2.45) is 0 Å². The van der Waals surface area contributed by atoms with Crippen LogP contribution in [0.2, 0.25) is 10.0 Å². The summed E-state index contributed by atoms with van der Waals surface area (Å²) in [5.74, 6) is -3.67. The molecule has 4 rings (SSSR count). The summed E-state index contributed by atoms with van der Waals surface area (Å²) in [6.07, 6.45) is 0. The third kappa shape index (κ3) is 15.1. The zero-order valence-corrected chi connectivity index (χ0v) is 31.1. The molecule has 12 heteroatoms. The first-order valence-electron chi connectivity index (χ1n) is 15.7. The van der Waals surface area contributed by atoms with Crippen LogP contribution >= 0.6 is 23.2 Å². The van der Waals surface area contributed by atoms with Gasteiger partial charge in [0.1, 0.15) is 0 Å². The number of carbonyl (C=O) groups excluding carboxylic acids is 2. The molecule has 0 saturated carbocycles. The summed E-state index contributed by atoms with van der Waals surface area (Å²) >= 11 is 11.4. The second kappa shape index (κ2) is 22.9. The molecule has 2 N–H and O–H groups in total. The SMILES string of the molecule is CC(C(=O)O)c1ccc(Cl)cc1.COC(=O)C(C)c1ccc(Cl)cc1.[C-]#[N+]c1ccc(C(C)C(=O)O)cc1.[C-]#[N+]c1ccc(C(C)C(=O)OC)cc1. The monoisotopic (exact) mass is 746 g/mol. The number of halogens is 2. The molecule has 0 radical (unpaired) electrons. The number of esters is 2. The van der Waals surface area contributed by atoms with E-state index in [0.717, 1.165) is 22.3 Å². The number of rotatable bonds is 8. The van der Waals surface area contributed by atoms with Crippen molar-refractivity contribution in [3.63, 3.8) is 0 Å². The molecular formula is C40H40Cl2N2O8. The summed E-state index contributed by atoms with van der Waals surface area (Å²) in [6, 6.07) is 27.5. The lowest BCUT2D eigenvalue weighted by Crippen LogP contribution is -2.10. The maximum Gasteiger partial charge on any atom is 0.312 e. The first kappa shape index (κ1) is 44.3. The summed E-state index contributed by atoms with van der Waals surface area (Å²) in [5.41, 5.74) is 4.37. The van der Waals surface area contributed by atoms with Gasteiger partial charge in [0.25, 0.3) is 0 Å². The largest absolute Gasteiger partial charge is 0.481 e. The molecule has 52 heavy (non-hydrogen) atoms. The molecule has 0 bridgehead atoms. The van der Waals surface area contributed by atoms with Crippen LogP contribution < -0.4 is 0 Å². The number of carboxylic acid groups (broad SMARTS) is 2. The molecule has 0 spiro atoms. The van der Waals surface area contributed by atoms with Crippen molar-refractivity contribution in [3.8, 4) is 0 Å². The lowest BCUT2D eigenvalue weighted by molar-refractivity contribution is -0.142. The number of hydrogen-bond donors (Lipinski definition) is 2. The molecule has 0 saturated heterocycles. The number of ether oxygens (including phenoxy) is 2. The average molecular weight is 748 g/mol. The lowest BCUT2D eigenvalue weighted by atomic mass is 10.0. The minimum absolute atomic E-state index is 0.234. The number of aliphatic carboxylic acids is 2. The fraction of sp³-hybridized carbons (Fsp3) is 0.250. The van der Waals surface area contributed by atoms with Crippen molar-refractivity contribution >= 4 is 58.5 Å². The van der Waals surface area contributed by atoms with Crippen LogP contribution in [-0.4, -0.2) is 48.3 Å². The van der Waals surface area contributed by atoms with Gasteiger partial charge in [0.2, 0.25) is 0 Å². The van der Waals surface area contributed by atoms with E-state index >= 15 is 0 Å². The summed E-state index contributed by atoms with van der Waals surface area (Å²) in [6.45, 7) is 20.3. The van der Waals surface area contributed by atoms with Gasteiger partial charge in [-0.2, -0.15) is 0 Å². The Morgan fingerprint density at radius 3 is 0.942 bits per heavy atom. The topological polar surface area (TPSA) is 136 Å². The number of methoxy groups -OCH3 is 2. The third-order valence-electron chi connectivity index (χ3n) is 7.63. The van der Waals surface area contributed by atoms with Crippen LogP contribution in [0.3, 0.4) is 0 Å². The van der Waals surface area contributed by atoms with Crippen LogP contribution in [0.1, 0.15) is 73.6 Å². The highest BCUT2D eigenvalue weighted by Crippen LogP contribution is 2.22. The summed E-state index contributed by atoms with van der Waals surface area (Å²) in [5, 5.41) is 18.7. The van der Waals surface area contributed by atoms with Crippen LogP contribution in [0.15, 0.2) is 97.1 Å². The molecule has 0 aliphatic heterocycles. The molecule has 272 valence electrons. The van der Waals surface area contributed by atoms with E-state index in [0.29, 0.717) is 21.4 Å². The molecule has 4 aromatic carbocycles. The second-order valence-corrected chi connectivity index (χ2v) is 12.0. The third-order valence-corrected chi connectivity index (χ3v) is 8.14. The second-order valence-electron chi connectivity index (χ2n) is 11.1. The van der Waals surface area contributed by atoms with Crippen molar-refractivity contribution in [2.45, 2.75) is 51.4 Å². The van der Waals surface area contributed by atoms with Crippen molar-refractivity contribution in [1.29, 1.82) is 0 Å². The number of nitrogens with zero attached hydrogens (tertiary/aromatic N) is 2. The highest BCUT2D eigenvalue weighted by Gasteiger charge is 2.16. The van der Waals surface area contributed by atoms with Crippen LogP contribution in [0.4, 0.5) is 11.4 Å². The number of benzene rings is 4. The average Bonchev–Trinajstić information content (AvgIpc) is 3.17. The van der Waals surface area contributed by atoms with E-state index in [1.807, 2.05) is 12.1 Å². The standard InChI is InChI=1S/C11H11NO2.C10H11ClO2.C10H9NO2.C9H9ClO2/c1-8(11(13)14-3)9-4-6-10(12-2)7-5-9;1-7(10(12)13-2)8-3-5-9(11)6-4-8;1-7(10(12)13)8-3-5-9(11-2)6-4-8;1-6(9(11)12)7-2-4-8(10)5-3-7/h4-8H,1,3H3;3-7H,1-2H3;3-7H,1H3,(H,12,13);2-6H,1H3,(H,11,12). The van der Waals surface area contributed by atoms with Crippen LogP contribution in [0.5, 0.6) is 0 Å². The maximum atomic E-state index is 11.2. The molecule has 0 aliphatic carbocycles. The normalized spacial score (nSPS) is 12.0. The molecule has 0 amide bonds. The molecular weight excluding hydrogens is 707 g/mol. The first-order chi connectivity index (χ1) is 24.6. The predicted molar refractivity (Wildman–Crippen MR) is 201 cm³/mol. The van der Waals surface area contributed by atoms with Gasteiger partial charge in [-0.3, -0.25) is 19.2 Å². The minimum atomic E-state index is -0.851. The zero-order valence-electron chi connectivity index (χ0n) is 29.5. The Labute approximate surface area is 314 Å². The summed E-state index contributed by atoms with van der Waals surface area (Å²) in [7, 11) is 2.75. The molecule has 0 aliphatic rings. The molecule has 4 atom stereocenters. The van der Waals surface area contributed by atoms with Gasteiger partial charge in [-0.25, -0.2) is 9.69 Å². The van der Waals surface area contributed by atoms with Crippen molar-refractivity contribution < 1.29 is 38.9 Å². The fourth-order valence-electron chi connectivity index (χ4n) is 4.09. The molecule has 0 fully saturated rings. The Kier molecular flexibility index (Phi) is 19.5. The van der Waals surface area contributed by atoms with Gasteiger partial charge in [-0.05, 0) is 74.2 Å². The van der Waals surface area contributed by atoms with E-state index in [1.54, 1.807) is 113 Å². The maximum absolute atomic E-state index is 11.2. The van der Waals surface area contributed by atoms with Crippen LogP contribution in [0, 0.1) is 13.1 Å². The Morgan fingerprint density at radius 2 is 0.731 bits per heavy atom. The van der Waals surface area contributed by atoms with Crippen LogP contribution in [0.25, 0.3) is 9.69 Å². The molecule has 0 aromatic heterocycles. The van der Waals surface area contributed by atoms with Gasteiger partial charge in [0.15, 0.2) is 11.4 Å². The number of carboxylic acids is 2. The van der Waals surface area contributed by atoms with E-state index in [2.05, 4.69) is 19.2 Å². The highest BCUT2D eigenvalue weighted by atomic mass is 35.5. The molecule has 4 aromatic rings. The Hall–Kier alpha value is -5.68. The van der Waals surface area contributed by atoms with E-state index in [-0.39, 0.29) is 23.8 Å². The van der Waals surface area contributed by atoms with E-state index in [9.17, 15) is 19.2 Å². The van der Waals surface area contributed by atoms with Gasteiger partial charge in [-0.1, -0.05) is 96.0 Å². The fourth-order valence-corrected chi connectivity index (χ4v) is 4.34. The Morgan fingerprint density at radius 1 is 0.500 bits per heavy atom. The van der Waals surface area contributed by atoms with Gasteiger partial charge in [0.05, 0.1) is 51.0 Å². The quantitative estimate of drug-likeness (QED) is 0.134. The van der Waals surface area contributed by atoms with Crippen molar-refractivity contribution in [1.82, 2.24) is 0 Å². The first-order valence-corrected chi connectivity index (χ1v) is 16.4. The van der Waals surface area contributed by atoms with Crippen molar-refractivity contribution in [3.05, 3.63) is 152 Å². The van der Waals surface area contributed by atoms with Gasteiger partial charge >= 0.3 is 23.9 Å². The highest BCUT2D eigenvalue weighted by molar-refractivity contribution is 6.30.